The van der Waals surface area contributed by atoms with Gasteiger partial charge < -0.3 is 5.32 Å². The summed E-state index contributed by atoms with van der Waals surface area (Å²) in [5, 5.41) is 3.26. The van der Waals surface area contributed by atoms with E-state index in [1.807, 2.05) is 6.92 Å². The van der Waals surface area contributed by atoms with Crippen LogP contribution in [0.3, 0.4) is 0 Å². The van der Waals surface area contributed by atoms with Crippen molar-refractivity contribution in [2.24, 2.45) is 0 Å². The number of nitrogens with zero attached hydrogens (tertiary/aromatic N) is 1. The first-order valence-electron chi connectivity index (χ1n) is 6.50. The zero-order chi connectivity index (χ0) is 15.5. The van der Waals surface area contributed by atoms with Crippen molar-refractivity contribution in [3.8, 4) is 0 Å². The van der Waals surface area contributed by atoms with Gasteiger partial charge in [-0.2, -0.15) is 0 Å². The van der Waals surface area contributed by atoms with E-state index in [1.165, 1.54) is 18.5 Å². The fourth-order valence-corrected chi connectivity index (χ4v) is 2.50. The Balaban J connectivity index is 1.98. The van der Waals surface area contributed by atoms with E-state index in [0.717, 1.165) is 11.3 Å². The predicted octanol–water partition coefficient (Wildman–Crippen LogP) is 2.48. The normalized spacial score (nSPS) is 13.1. The average Bonchev–Trinajstić information content (AvgIpc) is 2.45. The number of pyridine rings is 1. The molecule has 112 valence electrons. The summed E-state index contributed by atoms with van der Waals surface area (Å²) in [5.74, 6) is -0.359. The summed E-state index contributed by atoms with van der Waals surface area (Å²) in [6.45, 7) is 2.51. The molecule has 0 spiro atoms. The van der Waals surface area contributed by atoms with Gasteiger partial charge in [0.1, 0.15) is 5.82 Å². The maximum atomic E-state index is 12.8. The van der Waals surface area contributed by atoms with Crippen molar-refractivity contribution in [2.75, 3.05) is 6.26 Å². The number of aromatic nitrogens is 1. The SMILES string of the molecule is CC(NCc1ccc(S(C)(=O)=O)cc1)c1ccc(F)cn1. The number of hydrogen-bond donors (Lipinski definition) is 1. The van der Waals surface area contributed by atoms with Gasteiger partial charge in [0, 0.05) is 18.8 Å². The molecule has 21 heavy (non-hydrogen) atoms. The van der Waals surface area contributed by atoms with Crippen LogP contribution in [-0.4, -0.2) is 19.7 Å². The molecular formula is C15H17FN2O2S. The van der Waals surface area contributed by atoms with E-state index < -0.39 is 9.84 Å². The van der Waals surface area contributed by atoms with Crippen molar-refractivity contribution in [3.05, 3.63) is 59.7 Å². The molecule has 2 aromatic rings. The zero-order valence-corrected chi connectivity index (χ0v) is 12.7. The van der Waals surface area contributed by atoms with Crippen molar-refractivity contribution in [1.82, 2.24) is 10.3 Å². The Labute approximate surface area is 124 Å². The van der Waals surface area contributed by atoms with Gasteiger partial charge in [0.25, 0.3) is 0 Å². The molecule has 0 aliphatic carbocycles. The highest BCUT2D eigenvalue weighted by atomic mass is 32.2. The highest BCUT2D eigenvalue weighted by Gasteiger charge is 2.08. The fraction of sp³-hybridized carbons (Fsp3) is 0.267. The fourth-order valence-electron chi connectivity index (χ4n) is 1.87. The van der Waals surface area contributed by atoms with Gasteiger partial charge in [-0.25, -0.2) is 12.8 Å². The van der Waals surface area contributed by atoms with Gasteiger partial charge in [0.05, 0.1) is 16.8 Å². The first-order valence-corrected chi connectivity index (χ1v) is 8.39. The van der Waals surface area contributed by atoms with Crippen LogP contribution < -0.4 is 5.32 Å². The maximum Gasteiger partial charge on any atom is 0.175 e. The molecule has 0 aliphatic rings. The van der Waals surface area contributed by atoms with Crippen LogP contribution in [0, 0.1) is 5.82 Å². The Morgan fingerprint density at radius 1 is 1.19 bits per heavy atom. The van der Waals surface area contributed by atoms with Crippen molar-refractivity contribution in [2.45, 2.75) is 24.4 Å². The summed E-state index contributed by atoms with van der Waals surface area (Å²) in [6, 6.07) is 9.71. The van der Waals surface area contributed by atoms with Crippen LogP contribution in [0.25, 0.3) is 0 Å². The molecule has 0 fully saturated rings. The van der Waals surface area contributed by atoms with Crippen molar-refractivity contribution in [3.63, 3.8) is 0 Å². The molecule has 6 heteroatoms. The number of benzene rings is 1. The first-order chi connectivity index (χ1) is 9.86. The largest absolute Gasteiger partial charge is 0.305 e. The predicted molar refractivity (Wildman–Crippen MR) is 79.0 cm³/mol. The Morgan fingerprint density at radius 3 is 2.38 bits per heavy atom. The second-order valence-corrected chi connectivity index (χ2v) is 6.94. The highest BCUT2D eigenvalue weighted by molar-refractivity contribution is 7.90. The van der Waals surface area contributed by atoms with Gasteiger partial charge in [-0.1, -0.05) is 12.1 Å². The van der Waals surface area contributed by atoms with Crippen LogP contribution in [0.4, 0.5) is 4.39 Å². The topological polar surface area (TPSA) is 59.1 Å². The van der Waals surface area contributed by atoms with E-state index in [4.69, 9.17) is 0 Å². The molecule has 0 saturated heterocycles. The van der Waals surface area contributed by atoms with Gasteiger partial charge in [-0.3, -0.25) is 4.98 Å². The smallest absolute Gasteiger partial charge is 0.175 e. The maximum absolute atomic E-state index is 12.8. The van der Waals surface area contributed by atoms with Crippen molar-refractivity contribution in [1.29, 1.82) is 0 Å². The van der Waals surface area contributed by atoms with Crippen LogP contribution in [-0.2, 0) is 16.4 Å². The van der Waals surface area contributed by atoms with Crippen molar-refractivity contribution >= 4 is 9.84 Å². The molecule has 1 unspecified atom stereocenters. The second-order valence-electron chi connectivity index (χ2n) is 4.92. The Bertz CT molecular complexity index is 697. The van der Waals surface area contributed by atoms with E-state index in [9.17, 15) is 12.8 Å². The van der Waals surface area contributed by atoms with Gasteiger partial charge in [-0.15, -0.1) is 0 Å². The van der Waals surface area contributed by atoms with Gasteiger partial charge in [-0.05, 0) is 36.8 Å². The minimum absolute atomic E-state index is 0.0276. The third-order valence-corrected chi connectivity index (χ3v) is 4.29. The number of hydrogen-bond acceptors (Lipinski definition) is 4. The van der Waals surface area contributed by atoms with Crippen LogP contribution in [0.5, 0.6) is 0 Å². The average molecular weight is 308 g/mol. The molecule has 0 bridgehead atoms. The summed E-state index contributed by atoms with van der Waals surface area (Å²) >= 11 is 0. The van der Waals surface area contributed by atoms with Gasteiger partial charge in [0.15, 0.2) is 9.84 Å². The number of nitrogens with one attached hydrogen (secondary N) is 1. The lowest BCUT2D eigenvalue weighted by molar-refractivity contribution is 0.554. The number of rotatable bonds is 5. The standard InChI is InChI=1S/C15H17FN2O2S/c1-11(15-8-5-13(16)10-18-15)17-9-12-3-6-14(7-4-12)21(2,19)20/h3-8,10-11,17H,9H2,1-2H3. The molecule has 2 rings (SSSR count). The number of halogens is 1. The molecule has 0 amide bonds. The third-order valence-electron chi connectivity index (χ3n) is 3.16. The molecule has 1 aromatic carbocycles. The molecule has 0 aliphatic heterocycles. The summed E-state index contributed by atoms with van der Waals surface area (Å²) in [6.07, 6.45) is 2.37. The van der Waals surface area contributed by atoms with E-state index in [1.54, 1.807) is 30.3 Å². The molecule has 0 radical (unpaired) electrons. The lowest BCUT2D eigenvalue weighted by Gasteiger charge is -2.13. The van der Waals surface area contributed by atoms with Crippen molar-refractivity contribution < 1.29 is 12.8 Å². The molecule has 1 aromatic heterocycles. The summed E-state index contributed by atoms with van der Waals surface area (Å²) in [4.78, 5) is 4.33. The lowest BCUT2D eigenvalue weighted by Crippen LogP contribution is -2.19. The molecule has 1 heterocycles. The van der Waals surface area contributed by atoms with Crippen LogP contribution in [0.2, 0.25) is 0 Å². The lowest BCUT2D eigenvalue weighted by atomic mass is 10.2. The van der Waals surface area contributed by atoms with E-state index in [0.29, 0.717) is 11.4 Å². The molecular weight excluding hydrogens is 291 g/mol. The summed E-state index contributed by atoms with van der Waals surface area (Å²) < 4.78 is 35.5. The first kappa shape index (κ1) is 15.6. The third kappa shape index (κ3) is 4.34. The monoisotopic (exact) mass is 308 g/mol. The molecule has 4 nitrogen and oxygen atoms in total. The Hall–Kier alpha value is -1.79. The van der Waals surface area contributed by atoms with E-state index >= 15 is 0 Å². The molecule has 0 saturated carbocycles. The summed E-state index contributed by atoms with van der Waals surface area (Å²) in [7, 11) is -3.16. The highest BCUT2D eigenvalue weighted by Crippen LogP contribution is 2.13. The quantitative estimate of drug-likeness (QED) is 0.922. The zero-order valence-electron chi connectivity index (χ0n) is 11.9. The molecule has 1 N–H and O–H groups in total. The van der Waals surface area contributed by atoms with Gasteiger partial charge in [0.2, 0.25) is 0 Å². The second kappa shape index (κ2) is 6.32. The minimum Gasteiger partial charge on any atom is -0.305 e. The van der Waals surface area contributed by atoms with Gasteiger partial charge >= 0.3 is 0 Å². The van der Waals surface area contributed by atoms with E-state index in [2.05, 4.69) is 10.3 Å². The molecule has 1 atom stereocenters. The van der Waals surface area contributed by atoms with Crippen LogP contribution in [0.15, 0.2) is 47.5 Å². The Morgan fingerprint density at radius 2 is 1.86 bits per heavy atom. The van der Waals surface area contributed by atoms with Crippen LogP contribution >= 0.6 is 0 Å². The minimum atomic E-state index is -3.16. The Kier molecular flexibility index (Phi) is 4.69. The number of sulfone groups is 1. The van der Waals surface area contributed by atoms with Crippen LogP contribution in [0.1, 0.15) is 24.2 Å². The summed E-state index contributed by atoms with van der Waals surface area (Å²) in [5.41, 5.74) is 1.72. The van der Waals surface area contributed by atoms with E-state index in [-0.39, 0.29) is 11.9 Å².